The van der Waals surface area contributed by atoms with Crippen LogP contribution in [0.2, 0.25) is 0 Å². The number of alkyl halides is 6. The van der Waals surface area contributed by atoms with Crippen LogP contribution >= 0.6 is 0 Å². The second kappa shape index (κ2) is 24.2. The summed E-state index contributed by atoms with van der Waals surface area (Å²) in [5.74, 6) is -2.04. The fraction of sp³-hybridized carbons (Fsp3) is 0.241. The van der Waals surface area contributed by atoms with Gasteiger partial charge in [0.05, 0.1) is 53.6 Å². The summed E-state index contributed by atoms with van der Waals surface area (Å²) in [5, 5.41) is 13.9. The van der Waals surface area contributed by atoms with Crippen LogP contribution in [0.4, 0.5) is 26.3 Å². The van der Waals surface area contributed by atoms with Gasteiger partial charge in [-0.05, 0) is 135 Å². The van der Waals surface area contributed by atoms with E-state index in [1.165, 1.54) is 38.5 Å². The molecular formula is C58H56F6N4O7. The van der Waals surface area contributed by atoms with Crippen molar-refractivity contribution in [3.63, 3.8) is 0 Å². The number of aromatic carboxylic acids is 1. The molecule has 0 aliphatic rings. The van der Waals surface area contributed by atoms with E-state index in [0.29, 0.717) is 53.6 Å². The number of halogens is 6. The Labute approximate surface area is 429 Å². The predicted octanol–water partition coefficient (Wildman–Crippen LogP) is 13.0. The molecule has 75 heavy (non-hydrogen) atoms. The number of benzene rings is 6. The third-order valence-electron chi connectivity index (χ3n) is 12.5. The third kappa shape index (κ3) is 13.7. The lowest BCUT2D eigenvalue weighted by molar-refractivity contribution is -0.138. The van der Waals surface area contributed by atoms with Gasteiger partial charge in [-0.2, -0.15) is 26.3 Å². The number of methoxy groups -OCH3 is 2. The molecule has 0 radical (unpaired) electrons. The van der Waals surface area contributed by atoms with Gasteiger partial charge in [0, 0.05) is 53.3 Å². The molecule has 392 valence electrons. The highest BCUT2D eigenvalue weighted by molar-refractivity contribution is 6.08. The van der Waals surface area contributed by atoms with E-state index in [-0.39, 0.29) is 29.5 Å². The lowest BCUT2D eigenvalue weighted by Crippen LogP contribution is -2.26. The Hall–Kier alpha value is -8.18. The van der Waals surface area contributed by atoms with E-state index in [0.717, 1.165) is 68.5 Å². The second-order valence-corrected chi connectivity index (χ2v) is 17.5. The number of nitrogens with two attached hydrogens (primary N) is 1. The average Bonchev–Trinajstić information content (AvgIpc) is 3.99. The number of fused-ring (bicyclic) bond motifs is 2. The van der Waals surface area contributed by atoms with Gasteiger partial charge in [0.15, 0.2) is 0 Å². The minimum atomic E-state index is -4.39. The molecule has 1 amide bonds. The zero-order chi connectivity index (χ0) is 54.8. The predicted molar refractivity (Wildman–Crippen MR) is 275 cm³/mol. The number of rotatable bonds is 13. The monoisotopic (exact) mass is 1030 g/mol. The lowest BCUT2D eigenvalue weighted by Gasteiger charge is -2.15. The summed E-state index contributed by atoms with van der Waals surface area (Å²) in [4.78, 5) is 47.7. The van der Waals surface area contributed by atoms with E-state index in [1.807, 2.05) is 91.6 Å². The van der Waals surface area contributed by atoms with Crippen molar-refractivity contribution in [2.45, 2.75) is 78.1 Å². The molecule has 2 aromatic heterocycles. The van der Waals surface area contributed by atoms with Crippen LogP contribution in [-0.2, 0) is 47.8 Å². The van der Waals surface area contributed by atoms with Crippen molar-refractivity contribution in [2.75, 3.05) is 14.2 Å². The maximum absolute atomic E-state index is 13.4. The number of nitrogens with zero attached hydrogens (tertiary/aromatic N) is 2. The number of ether oxygens (including phenoxy) is 2. The number of carbonyl (C=O) groups is 4. The quantitative estimate of drug-likeness (QED) is 0.0762. The minimum Gasteiger partial charge on any atom is -0.478 e. The van der Waals surface area contributed by atoms with Gasteiger partial charge in [0.25, 0.3) is 5.91 Å². The van der Waals surface area contributed by atoms with Crippen LogP contribution in [0.3, 0.4) is 0 Å². The third-order valence-corrected chi connectivity index (χ3v) is 12.5. The van der Waals surface area contributed by atoms with E-state index in [1.54, 1.807) is 42.6 Å². The van der Waals surface area contributed by atoms with Gasteiger partial charge in [-0.25, -0.2) is 14.4 Å². The molecule has 0 saturated carbocycles. The van der Waals surface area contributed by atoms with Gasteiger partial charge in [-0.15, -0.1) is 0 Å². The van der Waals surface area contributed by atoms with Crippen molar-refractivity contribution in [1.82, 2.24) is 14.5 Å². The largest absolute Gasteiger partial charge is 0.478 e. The van der Waals surface area contributed by atoms with Gasteiger partial charge in [-0.3, -0.25) is 4.79 Å². The highest BCUT2D eigenvalue weighted by atomic mass is 19.4. The molecule has 6 aromatic carbocycles. The SMILES string of the molecule is CCn1cc(C(=O)N[C@@H](C)c2ccc(C(=O)OC)cc2)c2c(Cc3ccc(C(F)(F)F)cc3)cccc21.CCn1cc(C(=O)O)c2c(Cc3ccc(C(F)(F)F)cc3)cccc21.COC(=O)c1ccc([C@H](C)N)cc1. The molecule has 8 aromatic rings. The van der Waals surface area contributed by atoms with Crippen LogP contribution in [0, 0.1) is 0 Å². The first kappa shape index (κ1) is 56.1. The molecule has 11 nitrogen and oxygen atoms in total. The molecule has 2 heterocycles. The average molecular weight is 1040 g/mol. The van der Waals surface area contributed by atoms with Crippen molar-refractivity contribution in [1.29, 1.82) is 0 Å². The zero-order valence-corrected chi connectivity index (χ0v) is 42.0. The number of amides is 1. The van der Waals surface area contributed by atoms with Crippen LogP contribution in [-0.4, -0.2) is 52.3 Å². The first-order valence-corrected chi connectivity index (χ1v) is 23.8. The van der Waals surface area contributed by atoms with E-state index in [4.69, 9.17) is 10.5 Å². The van der Waals surface area contributed by atoms with E-state index < -0.39 is 35.4 Å². The molecule has 0 aliphatic carbocycles. The molecular weight excluding hydrogens is 979 g/mol. The fourth-order valence-corrected chi connectivity index (χ4v) is 8.49. The van der Waals surface area contributed by atoms with Crippen LogP contribution in [0.1, 0.15) is 126 Å². The molecule has 0 spiro atoms. The van der Waals surface area contributed by atoms with Crippen molar-refractivity contribution in [2.24, 2.45) is 5.73 Å². The number of carboxylic acid groups (broad SMARTS) is 1. The van der Waals surface area contributed by atoms with Gasteiger partial charge >= 0.3 is 30.3 Å². The maximum Gasteiger partial charge on any atom is 0.416 e. The van der Waals surface area contributed by atoms with Crippen LogP contribution in [0.5, 0.6) is 0 Å². The number of hydrogen-bond donors (Lipinski definition) is 3. The van der Waals surface area contributed by atoms with E-state index in [9.17, 15) is 50.6 Å². The minimum absolute atomic E-state index is 0.00769. The van der Waals surface area contributed by atoms with Crippen molar-refractivity contribution in [3.8, 4) is 0 Å². The number of esters is 2. The Morgan fingerprint density at radius 2 is 0.960 bits per heavy atom. The van der Waals surface area contributed by atoms with E-state index >= 15 is 0 Å². The number of carboxylic acids is 1. The topological polar surface area (TPSA) is 155 Å². The molecule has 0 fully saturated rings. The maximum atomic E-state index is 13.4. The molecule has 0 saturated heterocycles. The summed E-state index contributed by atoms with van der Waals surface area (Å²) >= 11 is 0. The van der Waals surface area contributed by atoms with Gasteiger partial charge in [0.2, 0.25) is 0 Å². The summed E-state index contributed by atoms with van der Waals surface area (Å²) in [5.41, 5.74) is 12.5. The van der Waals surface area contributed by atoms with Gasteiger partial charge in [0.1, 0.15) is 0 Å². The second-order valence-electron chi connectivity index (χ2n) is 17.5. The summed E-state index contributed by atoms with van der Waals surface area (Å²) in [6.07, 6.45) is -4.60. The highest BCUT2D eigenvalue weighted by Crippen LogP contribution is 2.33. The van der Waals surface area contributed by atoms with Crippen molar-refractivity contribution in [3.05, 3.63) is 213 Å². The Kier molecular flexibility index (Phi) is 18.1. The van der Waals surface area contributed by atoms with Crippen LogP contribution < -0.4 is 11.1 Å². The smallest absolute Gasteiger partial charge is 0.416 e. The summed E-state index contributed by atoms with van der Waals surface area (Å²) < 4.78 is 90.0. The molecule has 2 atom stereocenters. The van der Waals surface area contributed by atoms with E-state index in [2.05, 4.69) is 10.1 Å². The molecule has 8 rings (SSSR count). The summed E-state index contributed by atoms with van der Waals surface area (Å²) in [6, 6.07) is 34.8. The number of aryl methyl sites for hydroxylation is 2. The Morgan fingerprint density at radius 3 is 1.32 bits per heavy atom. The van der Waals surface area contributed by atoms with Crippen molar-refractivity contribution < 1.29 is 60.1 Å². The van der Waals surface area contributed by atoms with Gasteiger partial charge in [-0.1, -0.05) is 72.8 Å². The number of hydrogen-bond acceptors (Lipinski definition) is 7. The molecule has 0 aliphatic heterocycles. The van der Waals surface area contributed by atoms with Crippen molar-refractivity contribution >= 4 is 45.6 Å². The molecule has 17 heteroatoms. The highest BCUT2D eigenvalue weighted by Gasteiger charge is 2.31. The Bertz CT molecular complexity index is 3270. The normalized spacial score (nSPS) is 12.2. The Balaban J connectivity index is 0.000000206. The summed E-state index contributed by atoms with van der Waals surface area (Å²) in [7, 11) is 2.68. The first-order valence-electron chi connectivity index (χ1n) is 23.8. The van der Waals surface area contributed by atoms with Crippen LogP contribution in [0.15, 0.2) is 146 Å². The molecule has 0 unspecified atom stereocenters. The Morgan fingerprint density at radius 1 is 0.573 bits per heavy atom. The fourth-order valence-electron chi connectivity index (χ4n) is 8.49. The number of nitrogens with one attached hydrogen (secondary N) is 1. The lowest BCUT2D eigenvalue weighted by atomic mass is 9.98. The first-order chi connectivity index (χ1) is 35.6. The summed E-state index contributed by atoms with van der Waals surface area (Å²) in [6.45, 7) is 8.94. The number of aromatic nitrogens is 2. The van der Waals surface area contributed by atoms with Crippen LogP contribution in [0.25, 0.3) is 21.8 Å². The van der Waals surface area contributed by atoms with Gasteiger partial charge < -0.3 is 34.8 Å². The molecule has 4 N–H and O–H groups in total. The standard InChI is InChI=1S/C29H27F3N2O3.C19H16F3NO2.C10H13NO2/c1-4-34-17-24(27(35)33-18(2)20-10-12-21(13-11-20)28(36)37-3)26-22(6-5-7-25(26)34)16-19-8-14-23(15-9-19)29(30,31)32;1-2-23-11-15(18(24)25)17-13(4-3-5-16(17)23)10-12-6-8-14(9-7-12)19(20,21)22;1-7(11)8-3-5-9(6-4-8)10(12)13-2/h5-15,17-18H,4,16H2,1-3H3,(H,33,35);3-9,11H,2,10H2,1H3,(H,24,25);3-7H,11H2,1-2H3/t18-;;7-/m0.0/s1. The number of carbonyl (C=O) groups excluding carboxylic acids is 3. The molecule has 0 bridgehead atoms. The zero-order valence-electron chi connectivity index (χ0n) is 42.0.